The smallest absolute Gasteiger partial charge is 0.275 e. The summed E-state index contributed by atoms with van der Waals surface area (Å²) in [6.45, 7) is 0. The molecule has 0 aliphatic heterocycles. The number of phenolic OH excluding ortho intramolecular Hbond substituents is 1. The Morgan fingerprint density at radius 2 is 1.73 bits per heavy atom. The Labute approximate surface area is 159 Å². The maximum absolute atomic E-state index is 12.4. The maximum atomic E-state index is 12.4. The largest absolute Gasteiger partial charge is 0.505 e. The number of methoxy groups -OCH3 is 1. The first-order chi connectivity index (χ1) is 12.5. The van der Waals surface area contributed by atoms with Crippen molar-refractivity contribution in [1.29, 1.82) is 0 Å². The number of hydrogen-bond acceptors (Lipinski definition) is 4. The van der Waals surface area contributed by atoms with Crippen molar-refractivity contribution in [3.63, 3.8) is 0 Å². The van der Waals surface area contributed by atoms with Gasteiger partial charge in [-0.3, -0.25) is 4.79 Å². The van der Waals surface area contributed by atoms with Gasteiger partial charge in [-0.15, -0.1) is 0 Å². The van der Waals surface area contributed by atoms with Crippen LogP contribution in [0.5, 0.6) is 11.5 Å². The van der Waals surface area contributed by atoms with E-state index >= 15 is 0 Å². The first kappa shape index (κ1) is 18.0. The number of ether oxygens (including phenoxy) is 1. The van der Waals surface area contributed by atoms with Crippen LogP contribution in [0.1, 0.15) is 15.9 Å². The molecule has 5 nitrogen and oxygen atoms in total. The zero-order chi connectivity index (χ0) is 18.7. The van der Waals surface area contributed by atoms with Crippen LogP contribution in [0.25, 0.3) is 10.8 Å². The number of carbonyl (C=O) groups is 1. The summed E-state index contributed by atoms with van der Waals surface area (Å²) in [6, 6.07) is 14.2. The van der Waals surface area contributed by atoms with Gasteiger partial charge in [0.05, 0.1) is 28.9 Å². The van der Waals surface area contributed by atoms with Gasteiger partial charge in [-0.1, -0.05) is 47.5 Å². The molecule has 0 aliphatic carbocycles. The molecule has 0 saturated carbocycles. The van der Waals surface area contributed by atoms with E-state index in [4.69, 9.17) is 27.9 Å². The van der Waals surface area contributed by atoms with Crippen LogP contribution in [0.15, 0.2) is 53.6 Å². The molecule has 0 fully saturated rings. The molecule has 0 radical (unpaired) electrons. The SMILES string of the molecule is COc1cc2ccccc2cc1C(=O)N/N=C/c1cc(Cl)c(O)c(Cl)c1. The number of amides is 1. The zero-order valence-corrected chi connectivity index (χ0v) is 15.2. The van der Waals surface area contributed by atoms with Crippen LogP contribution in [0, 0.1) is 0 Å². The van der Waals surface area contributed by atoms with E-state index in [1.54, 1.807) is 12.1 Å². The fourth-order valence-corrected chi connectivity index (χ4v) is 2.95. The van der Waals surface area contributed by atoms with Gasteiger partial charge in [0.1, 0.15) is 5.75 Å². The molecule has 0 bridgehead atoms. The monoisotopic (exact) mass is 388 g/mol. The van der Waals surface area contributed by atoms with Gasteiger partial charge in [-0.25, -0.2) is 5.43 Å². The molecule has 0 aliphatic rings. The number of rotatable bonds is 4. The van der Waals surface area contributed by atoms with Gasteiger partial charge in [-0.05, 0) is 40.6 Å². The number of hydrazone groups is 1. The van der Waals surface area contributed by atoms with Crippen LogP contribution < -0.4 is 10.2 Å². The van der Waals surface area contributed by atoms with Gasteiger partial charge in [-0.2, -0.15) is 5.10 Å². The highest BCUT2D eigenvalue weighted by Crippen LogP contribution is 2.32. The summed E-state index contributed by atoms with van der Waals surface area (Å²) in [5.41, 5.74) is 3.34. The highest BCUT2D eigenvalue weighted by atomic mass is 35.5. The van der Waals surface area contributed by atoms with Crippen LogP contribution in [0.2, 0.25) is 10.0 Å². The maximum Gasteiger partial charge on any atom is 0.275 e. The summed E-state index contributed by atoms with van der Waals surface area (Å²) in [6.07, 6.45) is 1.38. The zero-order valence-electron chi connectivity index (χ0n) is 13.7. The van der Waals surface area contributed by atoms with Gasteiger partial charge in [0.15, 0.2) is 5.75 Å². The lowest BCUT2D eigenvalue weighted by Gasteiger charge is -2.09. The molecule has 0 saturated heterocycles. The van der Waals surface area contributed by atoms with E-state index in [1.807, 2.05) is 24.3 Å². The molecule has 0 unspecified atom stereocenters. The van der Waals surface area contributed by atoms with Crippen molar-refractivity contribution < 1.29 is 14.6 Å². The molecule has 3 aromatic rings. The Bertz CT molecular complexity index is 996. The summed E-state index contributed by atoms with van der Waals surface area (Å²) in [5, 5.41) is 15.5. The Kier molecular flexibility index (Phi) is 5.30. The molecule has 7 heteroatoms. The summed E-state index contributed by atoms with van der Waals surface area (Å²) in [4.78, 5) is 12.4. The van der Waals surface area contributed by atoms with Crippen LogP contribution in [0.3, 0.4) is 0 Å². The fourth-order valence-electron chi connectivity index (χ4n) is 2.45. The highest BCUT2D eigenvalue weighted by Gasteiger charge is 2.13. The first-order valence-corrected chi connectivity index (χ1v) is 8.33. The molecular formula is C19H14Cl2N2O3. The summed E-state index contributed by atoms with van der Waals surface area (Å²) >= 11 is 11.7. The van der Waals surface area contributed by atoms with Crippen LogP contribution in [-0.4, -0.2) is 24.3 Å². The molecule has 0 atom stereocenters. The van der Waals surface area contributed by atoms with Crippen molar-refractivity contribution in [2.75, 3.05) is 7.11 Å². The Balaban J connectivity index is 1.83. The van der Waals surface area contributed by atoms with E-state index in [-0.39, 0.29) is 15.8 Å². The number of hydrogen-bond donors (Lipinski definition) is 2. The average molecular weight is 389 g/mol. The Morgan fingerprint density at radius 3 is 2.35 bits per heavy atom. The van der Waals surface area contributed by atoms with Gasteiger partial charge < -0.3 is 9.84 Å². The average Bonchev–Trinajstić information content (AvgIpc) is 2.64. The minimum absolute atomic E-state index is 0.0986. The second-order valence-corrected chi connectivity index (χ2v) is 6.25. The lowest BCUT2D eigenvalue weighted by molar-refractivity contribution is 0.0952. The van der Waals surface area contributed by atoms with Gasteiger partial charge in [0.2, 0.25) is 0 Å². The second kappa shape index (κ2) is 7.64. The van der Waals surface area contributed by atoms with Crippen molar-refractivity contribution >= 4 is 46.1 Å². The van der Waals surface area contributed by atoms with Gasteiger partial charge in [0.25, 0.3) is 5.91 Å². The molecule has 26 heavy (non-hydrogen) atoms. The third-order valence-electron chi connectivity index (χ3n) is 3.73. The van der Waals surface area contributed by atoms with Crippen molar-refractivity contribution in [2.45, 2.75) is 0 Å². The van der Waals surface area contributed by atoms with E-state index < -0.39 is 5.91 Å². The molecule has 3 aromatic carbocycles. The van der Waals surface area contributed by atoms with Crippen molar-refractivity contribution in [2.24, 2.45) is 5.10 Å². The number of nitrogens with one attached hydrogen (secondary N) is 1. The summed E-state index contributed by atoms with van der Waals surface area (Å²) < 4.78 is 5.31. The van der Waals surface area contributed by atoms with E-state index in [2.05, 4.69) is 10.5 Å². The number of aromatic hydroxyl groups is 1. The minimum Gasteiger partial charge on any atom is -0.505 e. The predicted octanol–water partition coefficient (Wildman–Crippen LogP) is 4.62. The van der Waals surface area contributed by atoms with Crippen molar-refractivity contribution in [1.82, 2.24) is 5.43 Å². The molecule has 1 amide bonds. The summed E-state index contributed by atoms with van der Waals surface area (Å²) in [7, 11) is 1.50. The van der Waals surface area contributed by atoms with Crippen molar-refractivity contribution in [3.8, 4) is 11.5 Å². The second-order valence-electron chi connectivity index (χ2n) is 5.43. The van der Waals surface area contributed by atoms with E-state index in [0.29, 0.717) is 16.9 Å². The topological polar surface area (TPSA) is 70.9 Å². The highest BCUT2D eigenvalue weighted by molar-refractivity contribution is 6.37. The normalized spacial score (nSPS) is 11.0. The van der Waals surface area contributed by atoms with Gasteiger partial charge >= 0.3 is 0 Å². The van der Waals surface area contributed by atoms with Crippen LogP contribution >= 0.6 is 23.2 Å². The van der Waals surface area contributed by atoms with Crippen molar-refractivity contribution in [3.05, 3.63) is 69.7 Å². The number of fused-ring (bicyclic) bond motifs is 1. The number of carbonyl (C=O) groups excluding carboxylic acids is 1. The van der Waals surface area contributed by atoms with E-state index in [1.165, 1.54) is 25.5 Å². The molecule has 0 spiro atoms. The molecule has 3 rings (SSSR count). The predicted molar refractivity (Wildman–Crippen MR) is 104 cm³/mol. The lowest BCUT2D eigenvalue weighted by atomic mass is 10.1. The number of halogens is 2. The molecule has 0 aromatic heterocycles. The van der Waals surface area contributed by atoms with Gasteiger partial charge in [0, 0.05) is 0 Å². The van der Waals surface area contributed by atoms with Crippen LogP contribution in [-0.2, 0) is 0 Å². The first-order valence-electron chi connectivity index (χ1n) is 7.58. The molecular weight excluding hydrogens is 375 g/mol. The molecule has 132 valence electrons. The van der Waals surface area contributed by atoms with E-state index in [0.717, 1.165) is 10.8 Å². The third kappa shape index (κ3) is 3.74. The number of benzene rings is 3. The minimum atomic E-state index is -0.417. The molecule has 0 heterocycles. The summed E-state index contributed by atoms with van der Waals surface area (Å²) in [5.74, 6) is -0.164. The van der Waals surface area contributed by atoms with Crippen LogP contribution in [0.4, 0.5) is 0 Å². The number of phenols is 1. The molecule has 2 N–H and O–H groups in total. The number of nitrogens with zero attached hydrogens (tertiary/aromatic N) is 1. The third-order valence-corrected chi connectivity index (χ3v) is 4.31. The quantitative estimate of drug-likeness (QED) is 0.505. The Hall–Kier alpha value is -2.76. The Morgan fingerprint density at radius 1 is 1.12 bits per heavy atom. The van der Waals surface area contributed by atoms with E-state index in [9.17, 15) is 9.90 Å². The lowest BCUT2D eigenvalue weighted by Crippen LogP contribution is -2.18. The fraction of sp³-hybridized carbons (Fsp3) is 0.0526. The standard InChI is InChI=1S/C19H14Cl2N2O3/c1-26-17-9-13-5-3-2-4-12(13)8-14(17)19(25)23-22-10-11-6-15(20)18(24)16(21)7-11/h2-10,24H,1H3,(H,23,25)/b22-10+.